The molecule has 17 nitrogen and oxygen atoms in total. The van der Waals surface area contributed by atoms with E-state index in [0.717, 1.165) is 19.3 Å². The van der Waals surface area contributed by atoms with Gasteiger partial charge >= 0.3 is 5.97 Å². The van der Waals surface area contributed by atoms with Crippen LogP contribution in [0.1, 0.15) is 149 Å². The van der Waals surface area contributed by atoms with Gasteiger partial charge in [-0.3, -0.25) is 24.0 Å². The second-order valence-electron chi connectivity index (χ2n) is 14.8. The van der Waals surface area contributed by atoms with Gasteiger partial charge in [-0.05, 0) is 71.9 Å². The molecule has 0 unspecified atom stereocenters. The summed E-state index contributed by atoms with van der Waals surface area (Å²) >= 11 is 0. The monoisotopic (exact) mass is 802 g/mol. The quantitative estimate of drug-likeness (QED) is 0.0400. The Balaban J connectivity index is 5.38. The minimum atomic E-state index is -1.67. The molecule has 13 N–H and O–H groups in total. The van der Waals surface area contributed by atoms with Gasteiger partial charge in [-0.1, -0.05) is 84.0 Å². The van der Waals surface area contributed by atoms with E-state index >= 15 is 0 Å². The maximum atomic E-state index is 13.5. The Hall–Kier alpha value is -3.38. The highest BCUT2D eigenvalue weighted by molar-refractivity contribution is 5.96. The highest BCUT2D eigenvalue weighted by Crippen LogP contribution is 2.13. The van der Waals surface area contributed by atoms with Crippen LogP contribution in [0.5, 0.6) is 0 Å². The van der Waals surface area contributed by atoms with E-state index in [9.17, 15) is 49.2 Å². The lowest BCUT2D eigenvalue weighted by atomic mass is 10.0. The van der Waals surface area contributed by atoms with Gasteiger partial charge in [0.2, 0.25) is 29.5 Å². The van der Waals surface area contributed by atoms with E-state index in [4.69, 9.17) is 11.5 Å². The summed E-state index contributed by atoms with van der Waals surface area (Å²) in [4.78, 5) is 77.3. The molecular weight excluding hydrogens is 726 g/mol. The van der Waals surface area contributed by atoms with Gasteiger partial charge in [0, 0.05) is 6.42 Å². The van der Waals surface area contributed by atoms with Crippen molar-refractivity contribution < 1.29 is 49.2 Å². The molecule has 0 aromatic carbocycles. The van der Waals surface area contributed by atoms with Crippen molar-refractivity contribution >= 4 is 35.5 Å². The van der Waals surface area contributed by atoms with Crippen LogP contribution in [0.25, 0.3) is 0 Å². The number of carbonyl (C=O) groups is 6. The predicted molar refractivity (Wildman–Crippen MR) is 214 cm³/mol. The number of carboxylic acids is 1. The number of carboxylic acid groups (broad SMARTS) is 1. The molecule has 0 saturated heterocycles. The predicted octanol–water partition coefficient (Wildman–Crippen LogP) is 0.988. The van der Waals surface area contributed by atoms with Gasteiger partial charge in [0.1, 0.15) is 30.2 Å². The Labute approximate surface area is 333 Å². The number of nitrogens with two attached hydrogens (primary N) is 2. The molecule has 0 heterocycles. The molecule has 0 bridgehead atoms. The molecule has 0 rings (SSSR count). The Kier molecular flexibility index (Phi) is 30.7. The van der Waals surface area contributed by atoms with Crippen molar-refractivity contribution in [3.05, 3.63) is 0 Å². The van der Waals surface area contributed by atoms with Crippen LogP contribution in [0.2, 0.25) is 0 Å². The molecule has 17 heteroatoms. The number of aliphatic hydroxyl groups is 3. The fourth-order valence-corrected chi connectivity index (χ4v) is 6.12. The summed E-state index contributed by atoms with van der Waals surface area (Å²) in [6.07, 6.45) is 14.6. The fourth-order valence-electron chi connectivity index (χ4n) is 6.12. The van der Waals surface area contributed by atoms with Gasteiger partial charge < -0.3 is 58.5 Å². The SMILES string of the molecule is CCCCCCCCCCCCCCCC(=O)N[C@H](CCCCN)C(=O)N[C@H](C(=O)N[C@H](C(=O)N[C@H](CCCCN)C(=O)N[C@H](CO)C(=O)O)[C@H](C)O)[C@@H](C)O. The van der Waals surface area contributed by atoms with Crippen molar-refractivity contribution in [3.63, 3.8) is 0 Å². The number of aliphatic carboxylic acids is 1. The molecule has 0 aliphatic heterocycles. The molecule has 0 aliphatic carbocycles. The Morgan fingerprint density at radius 3 is 1.29 bits per heavy atom. The third kappa shape index (κ3) is 24.3. The van der Waals surface area contributed by atoms with Gasteiger partial charge in [0.05, 0.1) is 18.8 Å². The first-order chi connectivity index (χ1) is 26.7. The summed E-state index contributed by atoms with van der Waals surface area (Å²) in [6, 6.07) is -7.25. The van der Waals surface area contributed by atoms with Crippen LogP contribution in [-0.2, 0) is 28.8 Å². The van der Waals surface area contributed by atoms with Crippen LogP contribution in [0.3, 0.4) is 0 Å². The molecule has 0 spiro atoms. The first-order valence-corrected chi connectivity index (χ1v) is 20.8. The lowest BCUT2D eigenvalue weighted by Gasteiger charge is -2.29. The van der Waals surface area contributed by atoms with Gasteiger partial charge in [0.25, 0.3) is 0 Å². The molecule has 56 heavy (non-hydrogen) atoms. The average molecular weight is 802 g/mol. The third-order valence-electron chi connectivity index (χ3n) is 9.61. The lowest BCUT2D eigenvalue weighted by Crippen LogP contribution is -2.62. The zero-order chi connectivity index (χ0) is 42.3. The molecule has 0 aromatic rings. The summed E-state index contributed by atoms with van der Waals surface area (Å²) in [5.74, 6) is -5.49. The Morgan fingerprint density at radius 2 is 0.875 bits per heavy atom. The number of hydrogen-bond acceptors (Lipinski definition) is 11. The molecule has 326 valence electrons. The van der Waals surface area contributed by atoms with Crippen LogP contribution in [0.4, 0.5) is 0 Å². The maximum Gasteiger partial charge on any atom is 0.328 e. The molecule has 0 fully saturated rings. The van der Waals surface area contributed by atoms with E-state index in [1.165, 1.54) is 71.6 Å². The zero-order valence-electron chi connectivity index (χ0n) is 34.2. The van der Waals surface area contributed by atoms with Gasteiger partial charge in [-0.25, -0.2) is 4.79 Å². The normalized spacial score (nSPS) is 15.0. The van der Waals surface area contributed by atoms with Crippen LogP contribution in [-0.4, -0.2) is 118 Å². The second-order valence-corrected chi connectivity index (χ2v) is 14.8. The minimum Gasteiger partial charge on any atom is -0.480 e. The highest BCUT2D eigenvalue weighted by atomic mass is 16.4. The van der Waals surface area contributed by atoms with Crippen molar-refractivity contribution in [1.82, 2.24) is 26.6 Å². The van der Waals surface area contributed by atoms with E-state index in [2.05, 4.69) is 33.5 Å². The first-order valence-electron chi connectivity index (χ1n) is 20.8. The number of unbranched alkanes of at least 4 members (excludes halogenated alkanes) is 14. The maximum absolute atomic E-state index is 13.5. The van der Waals surface area contributed by atoms with E-state index in [-0.39, 0.29) is 31.7 Å². The first kappa shape index (κ1) is 52.6. The van der Waals surface area contributed by atoms with Gasteiger partial charge in [-0.2, -0.15) is 0 Å². The zero-order valence-corrected chi connectivity index (χ0v) is 34.2. The summed E-state index contributed by atoms with van der Waals surface area (Å²) in [5, 5.41) is 51.6. The van der Waals surface area contributed by atoms with Crippen LogP contribution >= 0.6 is 0 Å². The molecule has 0 aliphatic rings. The fraction of sp³-hybridized carbons (Fsp3) is 0.846. The van der Waals surface area contributed by atoms with Crippen molar-refractivity contribution in [2.75, 3.05) is 19.7 Å². The van der Waals surface area contributed by atoms with Crippen LogP contribution < -0.4 is 38.1 Å². The number of amides is 5. The Morgan fingerprint density at radius 1 is 0.500 bits per heavy atom. The van der Waals surface area contributed by atoms with E-state index in [0.29, 0.717) is 38.6 Å². The second kappa shape index (κ2) is 32.7. The van der Waals surface area contributed by atoms with Crippen LogP contribution in [0.15, 0.2) is 0 Å². The molecule has 5 amide bonds. The molecule has 0 saturated carbocycles. The van der Waals surface area contributed by atoms with Crippen molar-refractivity contribution in [3.8, 4) is 0 Å². The van der Waals surface area contributed by atoms with Gasteiger partial charge in [0.15, 0.2) is 0 Å². The van der Waals surface area contributed by atoms with Gasteiger partial charge in [-0.15, -0.1) is 0 Å². The van der Waals surface area contributed by atoms with E-state index < -0.39 is 78.6 Å². The average Bonchev–Trinajstić information content (AvgIpc) is 3.15. The number of aliphatic hydroxyl groups excluding tert-OH is 3. The summed E-state index contributed by atoms with van der Waals surface area (Å²) in [7, 11) is 0. The number of rotatable bonds is 35. The van der Waals surface area contributed by atoms with Crippen molar-refractivity contribution in [1.29, 1.82) is 0 Å². The summed E-state index contributed by atoms with van der Waals surface area (Å²) < 4.78 is 0. The largest absolute Gasteiger partial charge is 0.480 e. The molecule has 0 radical (unpaired) electrons. The summed E-state index contributed by atoms with van der Waals surface area (Å²) in [5.41, 5.74) is 11.2. The van der Waals surface area contributed by atoms with Crippen LogP contribution in [0, 0.1) is 0 Å². The topological polar surface area (TPSA) is 296 Å². The number of nitrogens with one attached hydrogen (secondary N) is 5. The number of carbonyl (C=O) groups excluding carboxylic acids is 5. The molecule has 0 aromatic heterocycles. The molecule has 7 atom stereocenters. The highest BCUT2D eigenvalue weighted by Gasteiger charge is 2.35. The summed E-state index contributed by atoms with van der Waals surface area (Å²) in [6.45, 7) is 4.43. The third-order valence-corrected chi connectivity index (χ3v) is 9.61. The minimum absolute atomic E-state index is 0.0238. The van der Waals surface area contributed by atoms with Crippen molar-refractivity contribution in [2.45, 2.75) is 192 Å². The van der Waals surface area contributed by atoms with E-state index in [1.54, 1.807) is 0 Å². The number of hydrogen-bond donors (Lipinski definition) is 11. The lowest BCUT2D eigenvalue weighted by molar-refractivity contribution is -0.143. The Bertz CT molecular complexity index is 1130. The smallest absolute Gasteiger partial charge is 0.328 e. The van der Waals surface area contributed by atoms with E-state index in [1.807, 2.05) is 0 Å². The molecular formula is C39H75N7O10. The standard InChI is InChI=1S/C39H75N7O10/c1-4-5-6-7-8-9-10-11-12-13-14-15-16-23-32(50)42-29(21-17-19-24-40)36(52)45-34(28(3)49)38(54)46-33(27(2)48)37(53)43-30(22-18-20-25-41)35(51)44-31(26-47)39(55)56/h27-31,33-34,47-49H,4-26,40-41H2,1-3H3,(H,42,50)(H,43,53)(H,44,51)(H,45,52)(H,46,54)(H,55,56)/t27-,28+,29+,30+,31+,33-,34-/m0/s1. The van der Waals surface area contributed by atoms with Crippen molar-refractivity contribution in [2.24, 2.45) is 11.5 Å².